The van der Waals surface area contributed by atoms with E-state index in [9.17, 15) is 4.79 Å². The Morgan fingerprint density at radius 2 is 2.41 bits per heavy atom. The molecule has 0 aliphatic rings. The largest absolute Gasteiger partial charge is 0.466 e. The molecule has 0 saturated carbocycles. The number of nitrogens with two attached hydrogens (primary N) is 1. The number of anilines is 1. The van der Waals surface area contributed by atoms with Crippen LogP contribution in [0.15, 0.2) is 17.5 Å². The number of ether oxygens (including phenoxy) is 1. The summed E-state index contributed by atoms with van der Waals surface area (Å²) in [6, 6.07) is 3.91. The first kappa shape index (κ1) is 12.1. The molecule has 2 heterocycles. The van der Waals surface area contributed by atoms with Crippen molar-refractivity contribution in [3.05, 3.63) is 22.4 Å². The van der Waals surface area contributed by atoms with Gasteiger partial charge in [0.25, 0.3) is 0 Å². The molecule has 0 atom stereocenters. The average molecular weight is 268 g/mol. The van der Waals surface area contributed by atoms with Crippen molar-refractivity contribution in [1.29, 1.82) is 0 Å². The van der Waals surface area contributed by atoms with Crippen LogP contribution < -0.4 is 5.73 Å². The maximum absolute atomic E-state index is 11.5. The molecule has 2 rings (SSSR count). The smallest absolute Gasteiger partial charge is 0.311 e. The molecule has 2 aromatic rings. The molecule has 0 aliphatic carbocycles. The van der Waals surface area contributed by atoms with E-state index < -0.39 is 0 Å². The average Bonchev–Trinajstić information content (AvgIpc) is 2.87. The van der Waals surface area contributed by atoms with E-state index in [-0.39, 0.29) is 12.4 Å². The van der Waals surface area contributed by atoms with E-state index in [2.05, 4.69) is 4.98 Å². The predicted molar refractivity (Wildman–Crippen MR) is 70.2 cm³/mol. The summed E-state index contributed by atoms with van der Waals surface area (Å²) in [7, 11) is 0. The van der Waals surface area contributed by atoms with E-state index in [1.807, 2.05) is 17.5 Å². The van der Waals surface area contributed by atoms with Crippen molar-refractivity contribution in [3.63, 3.8) is 0 Å². The molecule has 0 amide bonds. The van der Waals surface area contributed by atoms with Crippen LogP contribution in [0.1, 0.15) is 11.8 Å². The van der Waals surface area contributed by atoms with Gasteiger partial charge in [0, 0.05) is 4.88 Å². The number of nitrogen functional groups attached to an aromatic ring is 1. The summed E-state index contributed by atoms with van der Waals surface area (Å²) in [5.41, 5.74) is 6.50. The van der Waals surface area contributed by atoms with Crippen LogP contribution in [0, 0.1) is 0 Å². The highest BCUT2D eigenvalue weighted by Gasteiger charge is 2.16. The molecular weight excluding hydrogens is 256 g/mol. The van der Waals surface area contributed by atoms with E-state index in [1.165, 1.54) is 11.3 Å². The first-order valence-corrected chi connectivity index (χ1v) is 6.85. The van der Waals surface area contributed by atoms with Gasteiger partial charge in [-0.15, -0.1) is 22.7 Å². The second-order valence-electron chi connectivity index (χ2n) is 3.28. The number of esters is 1. The Hall–Kier alpha value is -1.40. The minimum atomic E-state index is -0.242. The molecule has 0 bridgehead atoms. The lowest BCUT2D eigenvalue weighted by atomic mass is 10.2. The minimum absolute atomic E-state index is 0.232. The van der Waals surface area contributed by atoms with Gasteiger partial charge in [-0.05, 0) is 18.4 Å². The summed E-state index contributed by atoms with van der Waals surface area (Å²) in [5.74, 6) is -0.242. The summed E-state index contributed by atoms with van der Waals surface area (Å²) in [6.45, 7) is 2.18. The molecule has 2 aromatic heterocycles. The second kappa shape index (κ2) is 5.29. The van der Waals surface area contributed by atoms with E-state index in [1.54, 1.807) is 18.3 Å². The summed E-state index contributed by atoms with van der Waals surface area (Å²) in [5, 5.41) is 2.45. The van der Waals surface area contributed by atoms with Crippen LogP contribution in [0.25, 0.3) is 10.6 Å². The van der Waals surface area contributed by atoms with Crippen LogP contribution in [0.4, 0.5) is 5.13 Å². The van der Waals surface area contributed by atoms with Gasteiger partial charge in [0.05, 0.1) is 23.6 Å². The predicted octanol–water partition coefficient (Wildman–Crippen LogP) is 2.56. The summed E-state index contributed by atoms with van der Waals surface area (Å²) >= 11 is 2.92. The van der Waals surface area contributed by atoms with Crippen molar-refractivity contribution in [2.75, 3.05) is 12.3 Å². The van der Waals surface area contributed by atoms with Crippen molar-refractivity contribution < 1.29 is 9.53 Å². The standard InChI is InChI=1S/C11H12N2O2S2/c1-2-15-9(14)6-8-10(13-11(12)17-8)7-4-3-5-16-7/h3-5H,2,6H2,1H3,(H2,12,13). The molecule has 0 radical (unpaired) electrons. The fourth-order valence-corrected chi connectivity index (χ4v) is 3.08. The number of aromatic nitrogens is 1. The van der Waals surface area contributed by atoms with E-state index in [4.69, 9.17) is 10.5 Å². The Labute approximate surface area is 107 Å². The van der Waals surface area contributed by atoms with Gasteiger partial charge in [-0.3, -0.25) is 4.79 Å². The second-order valence-corrected chi connectivity index (χ2v) is 5.35. The molecule has 0 fully saturated rings. The fraction of sp³-hybridized carbons (Fsp3) is 0.273. The highest BCUT2D eigenvalue weighted by molar-refractivity contribution is 7.17. The highest BCUT2D eigenvalue weighted by atomic mass is 32.1. The lowest BCUT2D eigenvalue weighted by molar-refractivity contribution is -0.142. The molecule has 6 heteroatoms. The van der Waals surface area contributed by atoms with Gasteiger partial charge in [0.2, 0.25) is 0 Å². The number of thiophene rings is 1. The van der Waals surface area contributed by atoms with Crippen LogP contribution in [0.3, 0.4) is 0 Å². The van der Waals surface area contributed by atoms with Gasteiger partial charge in [-0.2, -0.15) is 0 Å². The Morgan fingerprint density at radius 3 is 3.06 bits per heavy atom. The molecule has 0 saturated heterocycles. The van der Waals surface area contributed by atoms with Crippen molar-refractivity contribution in [2.45, 2.75) is 13.3 Å². The zero-order chi connectivity index (χ0) is 12.3. The minimum Gasteiger partial charge on any atom is -0.466 e. The third kappa shape index (κ3) is 2.83. The number of hydrogen-bond donors (Lipinski definition) is 1. The van der Waals surface area contributed by atoms with Gasteiger partial charge in [0.1, 0.15) is 0 Å². The van der Waals surface area contributed by atoms with Gasteiger partial charge >= 0.3 is 5.97 Å². The van der Waals surface area contributed by atoms with Crippen LogP contribution in [-0.4, -0.2) is 17.6 Å². The van der Waals surface area contributed by atoms with Crippen molar-refractivity contribution >= 4 is 33.8 Å². The third-order valence-electron chi connectivity index (χ3n) is 2.08. The topological polar surface area (TPSA) is 65.2 Å². The van der Waals surface area contributed by atoms with Crippen LogP contribution >= 0.6 is 22.7 Å². The molecule has 4 nitrogen and oxygen atoms in total. The number of thiazole rings is 1. The summed E-state index contributed by atoms with van der Waals surface area (Å²) < 4.78 is 4.93. The SMILES string of the molecule is CCOC(=O)Cc1sc(N)nc1-c1cccs1. The number of carbonyl (C=O) groups excluding carboxylic acids is 1. The van der Waals surface area contributed by atoms with E-state index in [0.29, 0.717) is 11.7 Å². The Kier molecular flexibility index (Phi) is 3.75. The monoisotopic (exact) mass is 268 g/mol. The van der Waals surface area contributed by atoms with Gasteiger partial charge in [-0.25, -0.2) is 4.98 Å². The van der Waals surface area contributed by atoms with Gasteiger partial charge in [-0.1, -0.05) is 6.07 Å². The summed E-state index contributed by atoms with van der Waals surface area (Å²) in [6.07, 6.45) is 0.232. The molecule has 0 aromatic carbocycles. The Bertz CT molecular complexity index is 506. The van der Waals surface area contributed by atoms with Crippen molar-refractivity contribution in [2.24, 2.45) is 0 Å². The van der Waals surface area contributed by atoms with Crippen LogP contribution in [-0.2, 0) is 16.0 Å². The Balaban J connectivity index is 2.25. The molecule has 90 valence electrons. The zero-order valence-corrected chi connectivity index (χ0v) is 10.9. The first-order chi connectivity index (χ1) is 8.20. The van der Waals surface area contributed by atoms with Crippen molar-refractivity contribution in [1.82, 2.24) is 4.98 Å². The molecule has 17 heavy (non-hydrogen) atoms. The fourth-order valence-electron chi connectivity index (χ4n) is 1.44. The van der Waals surface area contributed by atoms with Crippen molar-refractivity contribution in [3.8, 4) is 10.6 Å². The molecule has 0 spiro atoms. The van der Waals surface area contributed by atoms with Crippen LogP contribution in [0.5, 0.6) is 0 Å². The normalized spacial score (nSPS) is 10.4. The van der Waals surface area contributed by atoms with E-state index >= 15 is 0 Å². The first-order valence-electron chi connectivity index (χ1n) is 5.15. The number of nitrogens with zero attached hydrogens (tertiary/aromatic N) is 1. The lowest BCUT2D eigenvalue weighted by Gasteiger charge is -2.00. The lowest BCUT2D eigenvalue weighted by Crippen LogP contribution is -2.06. The Morgan fingerprint density at radius 1 is 1.59 bits per heavy atom. The zero-order valence-electron chi connectivity index (χ0n) is 9.30. The third-order valence-corrected chi connectivity index (χ3v) is 3.84. The van der Waals surface area contributed by atoms with Gasteiger partial charge < -0.3 is 10.5 Å². The number of hydrogen-bond acceptors (Lipinski definition) is 6. The number of carbonyl (C=O) groups is 1. The number of rotatable bonds is 4. The molecular formula is C11H12N2O2S2. The summed E-state index contributed by atoms with van der Waals surface area (Å²) in [4.78, 5) is 17.6. The maximum atomic E-state index is 11.5. The van der Waals surface area contributed by atoms with Gasteiger partial charge in [0.15, 0.2) is 5.13 Å². The van der Waals surface area contributed by atoms with Crippen LogP contribution in [0.2, 0.25) is 0 Å². The molecule has 0 unspecified atom stereocenters. The quantitative estimate of drug-likeness (QED) is 0.865. The highest BCUT2D eigenvalue weighted by Crippen LogP contribution is 2.32. The molecule has 2 N–H and O–H groups in total. The maximum Gasteiger partial charge on any atom is 0.311 e. The molecule has 0 aliphatic heterocycles. The van der Waals surface area contributed by atoms with E-state index in [0.717, 1.165) is 15.4 Å².